The Balaban J connectivity index is 2.19. The average Bonchev–Trinajstić information content (AvgIpc) is 2.42. The first-order valence-corrected chi connectivity index (χ1v) is 6.85. The predicted molar refractivity (Wildman–Crippen MR) is 79.5 cm³/mol. The van der Waals surface area contributed by atoms with Crippen LogP contribution in [-0.2, 0) is 11.8 Å². The molecule has 2 aromatic rings. The lowest BCUT2D eigenvalue weighted by molar-refractivity contribution is 0.0991. The van der Waals surface area contributed by atoms with Crippen molar-refractivity contribution in [1.82, 2.24) is 0 Å². The molecule has 0 aliphatic heterocycles. The maximum atomic E-state index is 13.5. The van der Waals surface area contributed by atoms with Crippen LogP contribution in [0.15, 0.2) is 42.5 Å². The molecule has 0 unspecified atom stereocenters. The molecule has 0 saturated carbocycles. The van der Waals surface area contributed by atoms with E-state index in [0.29, 0.717) is 5.56 Å². The summed E-state index contributed by atoms with van der Waals surface area (Å²) in [7, 11) is 0. The number of hydrogen-bond donors (Lipinski definition) is 0. The lowest BCUT2D eigenvalue weighted by atomic mass is 9.86. The van der Waals surface area contributed by atoms with Gasteiger partial charge in [0.05, 0.1) is 0 Å². The number of rotatable bonds is 3. The molecule has 0 atom stereocenters. The second-order valence-electron chi connectivity index (χ2n) is 6.16. The molecule has 0 aliphatic rings. The molecule has 0 heterocycles. The highest BCUT2D eigenvalue weighted by Gasteiger charge is 2.15. The summed E-state index contributed by atoms with van der Waals surface area (Å²) in [5, 5.41) is 0. The first-order valence-electron chi connectivity index (χ1n) is 6.85. The molecule has 21 heavy (non-hydrogen) atoms. The third kappa shape index (κ3) is 3.75. The number of ketones is 1. The van der Waals surface area contributed by atoms with E-state index in [1.54, 1.807) is 12.1 Å². The molecular weight excluding hydrogens is 270 g/mol. The fourth-order valence-electron chi connectivity index (χ4n) is 2.11. The van der Waals surface area contributed by atoms with Crippen molar-refractivity contribution in [3.63, 3.8) is 0 Å². The Kier molecular flexibility index (Phi) is 4.21. The summed E-state index contributed by atoms with van der Waals surface area (Å²) in [5.41, 5.74) is 1.72. The van der Waals surface area contributed by atoms with Crippen LogP contribution in [0.3, 0.4) is 0 Å². The fourth-order valence-corrected chi connectivity index (χ4v) is 2.11. The van der Waals surface area contributed by atoms with E-state index < -0.39 is 11.6 Å². The fraction of sp³-hybridized carbons (Fsp3) is 0.278. The summed E-state index contributed by atoms with van der Waals surface area (Å²) >= 11 is 0. The van der Waals surface area contributed by atoms with Crippen molar-refractivity contribution in [2.75, 3.05) is 0 Å². The monoisotopic (exact) mass is 288 g/mol. The second kappa shape index (κ2) is 5.76. The van der Waals surface area contributed by atoms with Crippen molar-refractivity contribution in [3.8, 4) is 0 Å². The lowest BCUT2D eigenvalue weighted by Crippen LogP contribution is -2.12. The zero-order valence-corrected chi connectivity index (χ0v) is 12.4. The molecule has 3 heteroatoms. The van der Waals surface area contributed by atoms with E-state index in [-0.39, 0.29) is 23.2 Å². The van der Waals surface area contributed by atoms with E-state index in [1.165, 1.54) is 0 Å². The quantitative estimate of drug-likeness (QED) is 0.749. The van der Waals surface area contributed by atoms with Crippen LogP contribution >= 0.6 is 0 Å². The number of halogens is 2. The van der Waals surface area contributed by atoms with Crippen LogP contribution in [0.1, 0.15) is 42.3 Å². The molecule has 1 nitrogen and oxygen atoms in total. The van der Waals surface area contributed by atoms with Gasteiger partial charge in [0.1, 0.15) is 11.6 Å². The summed E-state index contributed by atoms with van der Waals surface area (Å²) in [5.74, 6) is -1.32. The van der Waals surface area contributed by atoms with Gasteiger partial charge in [0.2, 0.25) is 0 Å². The Labute approximate surface area is 123 Å². The zero-order chi connectivity index (χ0) is 15.6. The number of carbonyl (C=O) groups is 1. The zero-order valence-electron chi connectivity index (χ0n) is 12.4. The molecule has 0 fully saturated rings. The van der Waals surface area contributed by atoms with E-state index in [9.17, 15) is 13.6 Å². The summed E-state index contributed by atoms with van der Waals surface area (Å²) in [6.07, 6.45) is -0.140. The number of Topliss-reactive ketones (excluding diaryl/α,β-unsaturated/α-hetero) is 1. The standard InChI is InChI=1S/C18H18F2O/c1-18(2,3)14-6-4-12(5-7-14)17(21)11-13-10-15(19)8-9-16(13)20/h4-10H,11H2,1-3H3. The Morgan fingerprint density at radius 3 is 2.19 bits per heavy atom. The summed E-state index contributed by atoms with van der Waals surface area (Å²) in [6, 6.07) is 10.4. The molecule has 0 aromatic heterocycles. The molecule has 0 aliphatic carbocycles. The maximum Gasteiger partial charge on any atom is 0.167 e. The minimum atomic E-state index is -0.559. The largest absolute Gasteiger partial charge is 0.294 e. The number of hydrogen-bond acceptors (Lipinski definition) is 1. The van der Waals surface area contributed by atoms with Crippen LogP contribution in [0.2, 0.25) is 0 Å². The molecule has 0 bridgehead atoms. The number of benzene rings is 2. The summed E-state index contributed by atoms with van der Waals surface area (Å²) in [4.78, 5) is 12.1. The van der Waals surface area contributed by atoms with Gasteiger partial charge in [-0.1, -0.05) is 45.0 Å². The van der Waals surface area contributed by atoms with Gasteiger partial charge in [-0.15, -0.1) is 0 Å². The van der Waals surface area contributed by atoms with Crippen molar-refractivity contribution in [2.24, 2.45) is 0 Å². The van der Waals surface area contributed by atoms with Gasteiger partial charge in [0, 0.05) is 12.0 Å². The first kappa shape index (κ1) is 15.4. The summed E-state index contributed by atoms with van der Waals surface area (Å²) < 4.78 is 26.7. The van der Waals surface area contributed by atoms with Gasteiger partial charge < -0.3 is 0 Å². The molecule has 0 N–H and O–H groups in total. The van der Waals surface area contributed by atoms with Crippen molar-refractivity contribution >= 4 is 5.78 Å². The Morgan fingerprint density at radius 1 is 1.00 bits per heavy atom. The Hall–Kier alpha value is -2.03. The van der Waals surface area contributed by atoms with Crippen LogP contribution in [0.4, 0.5) is 8.78 Å². The van der Waals surface area contributed by atoms with Gasteiger partial charge >= 0.3 is 0 Å². The first-order chi connectivity index (χ1) is 9.77. The average molecular weight is 288 g/mol. The molecule has 0 saturated heterocycles. The topological polar surface area (TPSA) is 17.1 Å². The Morgan fingerprint density at radius 2 is 1.62 bits per heavy atom. The van der Waals surface area contributed by atoms with Gasteiger partial charge in [-0.25, -0.2) is 8.78 Å². The van der Waals surface area contributed by atoms with Crippen molar-refractivity contribution in [1.29, 1.82) is 0 Å². The van der Waals surface area contributed by atoms with Crippen molar-refractivity contribution in [2.45, 2.75) is 32.6 Å². The van der Waals surface area contributed by atoms with E-state index in [0.717, 1.165) is 23.8 Å². The molecule has 0 amide bonds. The van der Waals surface area contributed by atoms with Crippen LogP contribution in [0.5, 0.6) is 0 Å². The van der Waals surface area contributed by atoms with Crippen LogP contribution in [-0.4, -0.2) is 5.78 Å². The van der Waals surface area contributed by atoms with E-state index in [2.05, 4.69) is 20.8 Å². The van der Waals surface area contributed by atoms with E-state index in [4.69, 9.17) is 0 Å². The van der Waals surface area contributed by atoms with E-state index >= 15 is 0 Å². The third-order valence-corrected chi connectivity index (χ3v) is 3.43. The van der Waals surface area contributed by atoms with Crippen molar-refractivity contribution in [3.05, 3.63) is 70.8 Å². The minimum Gasteiger partial charge on any atom is -0.294 e. The van der Waals surface area contributed by atoms with Gasteiger partial charge in [-0.05, 0) is 34.7 Å². The molecular formula is C18H18F2O. The summed E-state index contributed by atoms with van der Waals surface area (Å²) in [6.45, 7) is 6.27. The maximum absolute atomic E-state index is 13.5. The van der Waals surface area contributed by atoms with Gasteiger partial charge in [-0.2, -0.15) is 0 Å². The number of carbonyl (C=O) groups excluding carboxylic acids is 1. The van der Waals surface area contributed by atoms with Gasteiger partial charge in [0.15, 0.2) is 5.78 Å². The van der Waals surface area contributed by atoms with E-state index in [1.807, 2.05) is 12.1 Å². The van der Waals surface area contributed by atoms with Crippen LogP contribution in [0, 0.1) is 11.6 Å². The van der Waals surface area contributed by atoms with Crippen LogP contribution in [0.25, 0.3) is 0 Å². The Bertz CT molecular complexity index is 652. The SMILES string of the molecule is CC(C)(C)c1ccc(C(=O)Cc2cc(F)ccc2F)cc1. The minimum absolute atomic E-state index is 0.0102. The smallest absolute Gasteiger partial charge is 0.167 e. The normalized spacial score (nSPS) is 11.5. The van der Waals surface area contributed by atoms with Crippen molar-refractivity contribution < 1.29 is 13.6 Å². The highest BCUT2D eigenvalue weighted by Crippen LogP contribution is 2.22. The van der Waals surface area contributed by atoms with Gasteiger partial charge in [0.25, 0.3) is 0 Å². The van der Waals surface area contributed by atoms with Gasteiger partial charge in [-0.3, -0.25) is 4.79 Å². The predicted octanol–water partition coefficient (Wildman–Crippen LogP) is 4.69. The highest BCUT2D eigenvalue weighted by atomic mass is 19.1. The molecule has 2 aromatic carbocycles. The molecule has 2 rings (SSSR count). The van der Waals surface area contributed by atoms with Crippen LogP contribution < -0.4 is 0 Å². The third-order valence-electron chi connectivity index (χ3n) is 3.43. The molecule has 110 valence electrons. The second-order valence-corrected chi connectivity index (χ2v) is 6.16. The molecule has 0 radical (unpaired) electrons. The highest BCUT2D eigenvalue weighted by molar-refractivity contribution is 5.97. The molecule has 0 spiro atoms. The lowest BCUT2D eigenvalue weighted by Gasteiger charge is -2.19.